The summed E-state index contributed by atoms with van der Waals surface area (Å²) in [5.41, 5.74) is 2.52. The molecule has 0 fully saturated rings. The molecule has 1 rings (SSSR count). The molecule has 0 saturated heterocycles. The molecule has 2 nitrogen and oxygen atoms in total. The maximum Gasteiger partial charge on any atom is 0.123 e. The highest BCUT2D eigenvalue weighted by Gasteiger charge is 2.18. The first-order chi connectivity index (χ1) is 8.65. The average molecular weight is 249 g/mol. The molecule has 0 spiro atoms. The van der Waals surface area contributed by atoms with Crippen molar-refractivity contribution in [3.8, 4) is 5.75 Å². The van der Waals surface area contributed by atoms with Crippen LogP contribution in [0.25, 0.3) is 0 Å². The summed E-state index contributed by atoms with van der Waals surface area (Å²) in [6.45, 7) is 6.64. The van der Waals surface area contributed by atoms with Gasteiger partial charge in [0.2, 0.25) is 0 Å². The second-order valence-electron chi connectivity index (χ2n) is 5.00. The summed E-state index contributed by atoms with van der Waals surface area (Å²) in [6.07, 6.45) is 3.65. The van der Waals surface area contributed by atoms with Crippen LogP contribution in [0.3, 0.4) is 0 Å². The summed E-state index contributed by atoms with van der Waals surface area (Å²) in [4.78, 5) is 0. The topological polar surface area (TPSA) is 21.3 Å². The molecule has 0 bridgehead atoms. The number of methoxy groups -OCH3 is 1. The molecule has 0 radical (unpaired) electrons. The van der Waals surface area contributed by atoms with Crippen LogP contribution in [0.1, 0.15) is 50.3 Å². The molecule has 0 aliphatic carbocycles. The smallest absolute Gasteiger partial charge is 0.123 e. The molecule has 1 unspecified atom stereocenters. The largest absolute Gasteiger partial charge is 0.496 e. The first kappa shape index (κ1) is 15.0. The minimum atomic E-state index is 0.380. The van der Waals surface area contributed by atoms with Crippen molar-refractivity contribution in [2.75, 3.05) is 14.2 Å². The second-order valence-corrected chi connectivity index (χ2v) is 5.00. The molecule has 0 aliphatic rings. The molecule has 0 heterocycles. The molecule has 0 aromatic heterocycles. The fourth-order valence-electron chi connectivity index (χ4n) is 2.46. The molecule has 18 heavy (non-hydrogen) atoms. The van der Waals surface area contributed by atoms with E-state index >= 15 is 0 Å². The highest BCUT2D eigenvalue weighted by atomic mass is 16.5. The lowest BCUT2D eigenvalue weighted by Crippen LogP contribution is -2.20. The fourth-order valence-corrected chi connectivity index (χ4v) is 2.46. The zero-order valence-electron chi connectivity index (χ0n) is 12.4. The molecule has 2 heteroatoms. The number of nitrogens with one attached hydrogen (secondary N) is 1. The Balaban J connectivity index is 2.93. The van der Waals surface area contributed by atoms with Gasteiger partial charge in [-0.3, -0.25) is 0 Å². The Morgan fingerprint density at radius 3 is 2.39 bits per heavy atom. The Morgan fingerprint density at radius 1 is 1.22 bits per heavy atom. The van der Waals surface area contributed by atoms with Crippen LogP contribution in [0.4, 0.5) is 0 Å². The van der Waals surface area contributed by atoms with E-state index in [1.807, 2.05) is 7.05 Å². The highest BCUT2D eigenvalue weighted by molar-refractivity contribution is 5.39. The van der Waals surface area contributed by atoms with Gasteiger partial charge in [-0.25, -0.2) is 0 Å². The van der Waals surface area contributed by atoms with Crippen LogP contribution in [0, 0.1) is 12.8 Å². The summed E-state index contributed by atoms with van der Waals surface area (Å²) in [6, 6.07) is 6.85. The summed E-state index contributed by atoms with van der Waals surface area (Å²) in [7, 11) is 3.79. The number of hydrogen-bond acceptors (Lipinski definition) is 2. The molecule has 102 valence electrons. The molecule has 1 aromatic carbocycles. The maximum absolute atomic E-state index is 5.52. The van der Waals surface area contributed by atoms with Crippen molar-refractivity contribution in [2.45, 2.75) is 46.1 Å². The number of benzene rings is 1. The van der Waals surface area contributed by atoms with Gasteiger partial charge < -0.3 is 10.1 Å². The Bertz CT molecular complexity index is 358. The van der Waals surface area contributed by atoms with Crippen LogP contribution in [0.2, 0.25) is 0 Å². The van der Waals surface area contributed by atoms with Crippen molar-refractivity contribution in [3.05, 3.63) is 29.3 Å². The summed E-state index contributed by atoms with van der Waals surface area (Å²) >= 11 is 0. The molecule has 1 N–H and O–H groups in total. The Kier molecular flexibility index (Phi) is 6.20. The van der Waals surface area contributed by atoms with Crippen molar-refractivity contribution in [2.24, 2.45) is 5.92 Å². The van der Waals surface area contributed by atoms with Gasteiger partial charge in [-0.05, 0) is 37.9 Å². The van der Waals surface area contributed by atoms with Crippen LogP contribution in [0.15, 0.2) is 18.2 Å². The number of ether oxygens (including phenoxy) is 1. The molecule has 0 amide bonds. The van der Waals surface area contributed by atoms with Gasteiger partial charge in [-0.15, -0.1) is 0 Å². The van der Waals surface area contributed by atoms with Crippen molar-refractivity contribution in [3.63, 3.8) is 0 Å². The lowest BCUT2D eigenvalue weighted by Gasteiger charge is -2.23. The maximum atomic E-state index is 5.52. The van der Waals surface area contributed by atoms with E-state index < -0.39 is 0 Å². The highest BCUT2D eigenvalue weighted by Crippen LogP contribution is 2.31. The Labute approximate surface area is 112 Å². The first-order valence-corrected chi connectivity index (χ1v) is 6.97. The average Bonchev–Trinajstić information content (AvgIpc) is 2.41. The van der Waals surface area contributed by atoms with Crippen LogP contribution < -0.4 is 10.1 Å². The van der Waals surface area contributed by atoms with Gasteiger partial charge in [0.1, 0.15) is 5.75 Å². The van der Waals surface area contributed by atoms with Crippen molar-refractivity contribution >= 4 is 0 Å². The molecule has 0 saturated carbocycles. The molecule has 1 atom stereocenters. The Morgan fingerprint density at radius 2 is 1.89 bits per heavy atom. The normalized spacial score (nSPS) is 12.8. The van der Waals surface area contributed by atoms with Crippen LogP contribution >= 0.6 is 0 Å². The quantitative estimate of drug-likeness (QED) is 0.786. The van der Waals surface area contributed by atoms with Crippen molar-refractivity contribution in [1.29, 1.82) is 0 Å². The van der Waals surface area contributed by atoms with E-state index in [0.29, 0.717) is 6.04 Å². The minimum Gasteiger partial charge on any atom is -0.496 e. The molecule has 1 aromatic rings. The van der Waals surface area contributed by atoms with E-state index in [9.17, 15) is 0 Å². The lowest BCUT2D eigenvalue weighted by atomic mass is 9.90. The van der Waals surface area contributed by atoms with Crippen molar-refractivity contribution in [1.82, 2.24) is 5.32 Å². The summed E-state index contributed by atoms with van der Waals surface area (Å²) in [5.74, 6) is 1.77. The van der Waals surface area contributed by atoms with Crippen LogP contribution in [-0.4, -0.2) is 14.2 Å². The van der Waals surface area contributed by atoms with Gasteiger partial charge in [0, 0.05) is 11.6 Å². The third-order valence-electron chi connectivity index (χ3n) is 3.84. The standard InChI is InChI=1S/C16H27NO/c1-6-13(7-2)11-15(17-4)14-9-8-12(3)10-16(14)18-5/h8-10,13,15,17H,6-7,11H2,1-5H3. The van der Waals surface area contributed by atoms with Gasteiger partial charge in [-0.2, -0.15) is 0 Å². The van der Waals surface area contributed by atoms with Crippen LogP contribution in [0.5, 0.6) is 5.75 Å². The predicted octanol–water partition coefficient (Wildman–Crippen LogP) is 4.09. The third-order valence-corrected chi connectivity index (χ3v) is 3.84. The number of rotatable bonds is 7. The monoisotopic (exact) mass is 249 g/mol. The van der Waals surface area contributed by atoms with E-state index in [2.05, 4.69) is 44.3 Å². The van der Waals surface area contributed by atoms with Gasteiger partial charge >= 0.3 is 0 Å². The first-order valence-electron chi connectivity index (χ1n) is 6.97. The van der Waals surface area contributed by atoms with E-state index in [-0.39, 0.29) is 0 Å². The minimum absolute atomic E-state index is 0.380. The second kappa shape index (κ2) is 7.42. The zero-order valence-corrected chi connectivity index (χ0v) is 12.4. The van der Waals surface area contributed by atoms with E-state index in [1.54, 1.807) is 7.11 Å². The van der Waals surface area contributed by atoms with Gasteiger partial charge in [0.25, 0.3) is 0 Å². The van der Waals surface area contributed by atoms with Crippen molar-refractivity contribution < 1.29 is 4.74 Å². The molecular weight excluding hydrogens is 222 g/mol. The SMILES string of the molecule is CCC(CC)CC(NC)c1ccc(C)cc1OC. The third kappa shape index (κ3) is 3.74. The summed E-state index contributed by atoms with van der Waals surface area (Å²) in [5, 5.41) is 3.43. The predicted molar refractivity (Wildman–Crippen MR) is 78.2 cm³/mol. The van der Waals surface area contributed by atoms with E-state index in [4.69, 9.17) is 4.74 Å². The van der Waals surface area contributed by atoms with E-state index in [1.165, 1.54) is 30.4 Å². The molecular formula is C16H27NO. The number of aryl methyl sites for hydroxylation is 1. The fraction of sp³-hybridized carbons (Fsp3) is 0.625. The van der Waals surface area contributed by atoms with Gasteiger partial charge in [0.15, 0.2) is 0 Å². The van der Waals surface area contributed by atoms with E-state index in [0.717, 1.165) is 11.7 Å². The summed E-state index contributed by atoms with van der Waals surface area (Å²) < 4.78 is 5.52. The number of hydrogen-bond donors (Lipinski definition) is 1. The molecule has 0 aliphatic heterocycles. The Hall–Kier alpha value is -1.02. The van der Waals surface area contributed by atoms with Crippen LogP contribution in [-0.2, 0) is 0 Å². The lowest BCUT2D eigenvalue weighted by molar-refractivity contribution is 0.363. The van der Waals surface area contributed by atoms with Gasteiger partial charge in [0.05, 0.1) is 7.11 Å². The zero-order chi connectivity index (χ0) is 13.5. The van der Waals surface area contributed by atoms with Gasteiger partial charge in [-0.1, -0.05) is 38.8 Å².